The molecular weight excluding hydrogens is 532 g/mol. The Kier molecular flexibility index (Phi) is 30.1. The molecule has 0 amide bonds. The summed E-state index contributed by atoms with van der Waals surface area (Å²) in [6.07, 6.45) is 48.3. The minimum atomic E-state index is 0.577. The predicted molar refractivity (Wildman–Crippen MR) is 200 cm³/mol. The van der Waals surface area contributed by atoms with Crippen molar-refractivity contribution in [1.29, 1.82) is 0 Å². The monoisotopic (exact) mass is 619 g/mol. The van der Waals surface area contributed by atoms with E-state index in [-0.39, 0.29) is 0 Å². The largest absolute Gasteiger partial charge is 0.375 e. The van der Waals surface area contributed by atoms with Gasteiger partial charge in [0.1, 0.15) is 0 Å². The van der Waals surface area contributed by atoms with Gasteiger partial charge in [0.25, 0.3) is 0 Å². The van der Waals surface area contributed by atoms with E-state index in [1.165, 1.54) is 212 Å². The van der Waals surface area contributed by atoms with Crippen molar-refractivity contribution in [1.82, 2.24) is 0 Å². The molecule has 1 saturated heterocycles. The van der Waals surface area contributed by atoms with Crippen LogP contribution in [0.3, 0.4) is 0 Å². The van der Waals surface area contributed by atoms with Gasteiger partial charge in [0.2, 0.25) is 0 Å². The first kappa shape index (κ1) is 42.0. The van der Waals surface area contributed by atoms with Crippen molar-refractivity contribution in [3.8, 4) is 0 Å². The Morgan fingerprint density at radius 2 is 0.795 bits per heavy atom. The number of hydrogen-bond acceptors (Lipinski definition) is 1. The topological polar surface area (TPSA) is 9.23 Å². The second kappa shape index (κ2) is 31.6. The fraction of sp³-hybridized carbons (Fsp3) is 1.00. The van der Waals surface area contributed by atoms with E-state index in [1.54, 1.807) is 0 Å². The lowest BCUT2D eigenvalue weighted by Crippen LogP contribution is -2.27. The predicted octanol–water partition coefficient (Wildman–Crippen LogP) is 15.6. The lowest BCUT2D eigenvalue weighted by Gasteiger charge is -2.30. The highest BCUT2D eigenvalue weighted by atomic mass is 16.5. The molecule has 1 aliphatic rings. The third kappa shape index (κ3) is 27.1. The third-order valence-corrected chi connectivity index (χ3v) is 11.2. The molecule has 1 nitrogen and oxygen atoms in total. The normalized spacial score (nSPS) is 19.3. The molecule has 264 valence electrons. The van der Waals surface area contributed by atoms with Gasteiger partial charge in [0.05, 0.1) is 12.2 Å². The maximum Gasteiger partial charge on any atom is 0.0579 e. The molecule has 0 saturated carbocycles. The molecule has 1 heterocycles. The fourth-order valence-electron chi connectivity index (χ4n) is 7.84. The Balaban J connectivity index is 1.82. The summed E-state index contributed by atoms with van der Waals surface area (Å²) in [4.78, 5) is 0. The molecule has 0 aromatic heterocycles. The van der Waals surface area contributed by atoms with Crippen molar-refractivity contribution in [2.75, 3.05) is 0 Å². The molecule has 1 rings (SSSR count). The average Bonchev–Trinajstić information content (AvgIpc) is 3.02. The van der Waals surface area contributed by atoms with Gasteiger partial charge in [-0.1, -0.05) is 208 Å². The first-order valence-electron chi connectivity index (χ1n) is 21.2. The molecule has 0 radical (unpaired) electrons. The van der Waals surface area contributed by atoms with Gasteiger partial charge in [-0.2, -0.15) is 0 Å². The summed E-state index contributed by atoms with van der Waals surface area (Å²) < 4.78 is 6.53. The van der Waals surface area contributed by atoms with Crippen LogP contribution >= 0.6 is 0 Å². The summed E-state index contributed by atoms with van der Waals surface area (Å²) in [6.45, 7) is 12.1. The van der Waals surface area contributed by atoms with Crippen molar-refractivity contribution in [3.05, 3.63) is 0 Å². The zero-order valence-electron chi connectivity index (χ0n) is 31.6. The molecule has 0 aromatic rings. The molecule has 0 bridgehead atoms. The van der Waals surface area contributed by atoms with Crippen molar-refractivity contribution in [2.45, 2.75) is 259 Å². The molecular formula is C43H86O. The van der Waals surface area contributed by atoms with Crippen molar-refractivity contribution in [3.63, 3.8) is 0 Å². The van der Waals surface area contributed by atoms with E-state index in [9.17, 15) is 0 Å². The van der Waals surface area contributed by atoms with Gasteiger partial charge in [-0.25, -0.2) is 0 Å². The SMILES string of the molecule is CCCCCCCCCCCCC1CCCC(CCCCCCCCCCCCCCC(C)CC(C)CCCC(C)CC)O1. The van der Waals surface area contributed by atoms with E-state index < -0.39 is 0 Å². The van der Waals surface area contributed by atoms with Crippen LogP contribution in [0.4, 0.5) is 0 Å². The van der Waals surface area contributed by atoms with Crippen LogP contribution in [0.2, 0.25) is 0 Å². The number of hydrogen-bond donors (Lipinski definition) is 0. The van der Waals surface area contributed by atoms with E-state index >= 15 is 0 Å². The molecule has 44 heavy (non-hydrogen) atoms. The molecule has 1 heteroatoms. The van der Waals surface area contributed by atoms with Gasteiger partial charge >= 0.3 is 0 Å². The van der Waals surface area contributed by atoms with E-state index in [4.69, 9.17) is 4.74 Å². The zero-order chi connectivity index (χ0) is 31.9. The Morgan fingerprint density at radius 1 is 0.432 bits per heavy atom. The second-order valence-electron chi connectivity index (χ2n) is 16.0. The number of rotatable bonds is 33. The summed E-state index contributed by atoms with van der Waals surface area (Å²) >= 11 is 0. The standard InChI is InChI=1S/C43H86O/c1-6-8-9-10-11-12-18-21-24-27-34-42-36-30-37-43(44-42)35-28-25-22-19-16-14-13-15-17-20-23-26-31-40(4)38-41(5)33-29-32-39(3)7-2/h39-43H,6-38H2,1-5H3. The van der Waals surface area contributed by atoms with Crippen LogP contribution in [0.5, 0.6) is 0 Å². The first-order valence-corrected chi connectivity index (χ1v) is 21.2. The molecule has 5 atom stereocenters. The van der Waals surface area contributed by atoms with Crippen molar-refractivity contribution in [2.24, 2.45) is 17.8 Å². The van der Waals surface area contributed by atoms with Gasteiger partial charge < -0.3 is 4.74 Å². The molecule has 1 fully saturated rings. The second-order valence-corrected chi connectivity index (χ2v) is 16.0. The van der Waals surface area contributed by atoms with Crippen LogP contribution in [-0.4, -0.2) is 12.2 Å². The lowest BCUT2D eigenvalue weighted by molar-refractivity contribution is -0.0579. The Bertz CT molecular complexity index is 557. The number of unbranched alkanes of at least 4 members (excludes halogenated alkanes) is 20. The van der Waals surface area contributed by atoms with Crippen LogP contribution in [0.1, 0.15) is 247 Å². The molecule has 1 aliphatic heterocycles. The zero-order valence-corrected chi connectivity index (χ0v) is 31.6. The van der Waals surface area contributed by atoms with Gasteiger partial charge in [-0.15, -0.1) is 0 Å². The molecule has 5 unspecified atom stereocenters. The highest BCUT2D eigenvalue weighted by Gasteiger charge is 2.21. The Morgan fingerprint density at radius 3 is 1.23 bits per heavy atom. The smallest absolute Gasteiger partial charge is 0.0579 e. The molecule has 0 aliphatic carbocycles. The van der Waals surface area contributed by atoms with E-state index in [2.05, 4.69) is 34.6 Å². The van der Waals surface area contributed by atoms with Gasteiger partial charge in [-0.3, -0.25) is 0 Å². The first-order chi connectivity index (χ1) is 21.5. The summed E-state index contributed by atoms with van der Waals surface area (Å²) in [6, 6.07) is 0. The van der Waals surface area contributed by atoms with Crippen LogP contribution in [-0.2, 0) is 4.74 Å². The highest BCUT2D eigenvalue weighted by Crippen LogP contribution is 2.27. The fourth-order valence-corrected chi connectivity index (χ4v) is 7.84. The number of ether oxygens (including phenoxy) is 1. The van der Waals surface area contributed by atoms with Gasteiger partial charge in [-0.05, 0) is 56.3 Å². The Hall–Kier alpha value is -0.0400. The Labute approximate surface area is 280 Å². The summed E-state index contributed by atoms with van der Waals surface area (Å²) in [5.74, 6) is 2.78. The average molecular weight is 619 g/mol. The quantitative estimate of drug-likeness (QED) is 0.0665. The minimum absolute atomic E-state index is 0.577. The van der Waals surface area contributed by atoms with Crippen molar-refractivity contribution >= 4 is 0 Å². The molecule has 0 spiro atoms. The maximum absolute atomic E-state index is 6.53. The van der Waals surface area contributed by atoms with Crippen molar-refractivity contribution < 1.29 is 4.74 Å². The van der Waals surface area contributed by atoms with E-state index in [1.807, 2.05) is 0 Å². The van der Waals surface area contributed by atoms with E-state index in [0.717, 1.165) is 17.8 Å². The van der Waals surface area contributed by atoms with E-state index in [0.29, 0.717) is 12.2 Å². The maximum atomic E-state index is 6.53. The summed E-state index contributed by atoms with van der Waals surface area (Å²) in [5.41, 5.74) is 0. The van der Waals surface area contributed by atoms with Crippen LogP contribution < -0.4 is 0 Å². The van der Waals surface area contributed by atoms with Crippen LogP contribution in [0.25, 0.3) is 0 Å². The van der Waals surface area contributed by atoms with Crippen LogP contribution in [0.15, 0.2) is 0 Å². The lowest BCUT2D eigenvalue weighted by atomic mass is 9.88. The minimum Gasteiger partial charge on any atom is -0.375 e. The van der Waals surface area contributed by atoms with Crippen LogP contribution in [0, 0.1) is 17.8 Å². The molecule has 0 aromatic carbocycles. The van der Waals surface area contributed by atoms with Gasteiger partial charge in [0, 0.05) is 0 Å². The summed E-state index contributed by atoms with van der Waals surface area (Å²) in [5, 5.41) is 0. The van der Waals surface area contributed by atoms with Gasteiger partial charge in [0.15, 0.2) is 0 Å². The third-order valence-electron chi connectivity index (χ3n) is 11.2. The molecule has 0 N–H and O–H groups in total. The highest BCUT2D eigenvalue weighted by molar-refractivity contribution is 4.71. The summed E-state index contributed by atoms with van der Waals surface area (Å²) in [7, 11) is 0.